The predicted molar refractivity (Wildman–Crippen MR) is 76.4 cm³/mol. The second kappa shape index (κ2) is 5.51. The van der Waals surface area contributed by atoms with Gasteiger partial charge in [-0.25, -0.2) is 13.6 Å². The fourth-order valence-corrected chi connectivity index (χ4v) is 2.20. The highest BCUT2D eigenvalue weighted by molar-refractivity contribution is 7.89. The zero-order chi connectivity index (χ0) is 15.6. The second-order valence-corrected chi connectivity index (χ2v) is 5.97. The summed E-state index contributed by atoms with van der Waals surface area (Å²) in [6.07, 6.45) is 2.48. The number of amides is 1. The second-order valence-electron chi connectivity index (χ2n) is 4.41. The summed E-state index contributed by atoms with van der Waals surface area (Å²) in [6.45, 7) is 1.71. The maximum Gasteiger partial charge on any atom is 0.257 e. The van der Waals surface area contributed by atoms with Crippen LogP contribution in [0, 0.1) is 6.92 Å². The highest BCUT2D eigenvalue weighted by atomic mass is 32.2. The van der Waals surface area contributed by atoms with Gasteiger partial charge in [0.25, 0.3) is 5.91 Å². The smallest absolute Gasteiger partial charge is 0.257 e. The number of benzene rings is 1. The van der Waals surface area contributed by atoms with Crippen molar-refractivity contribution in [2.45, 2.75) is 11.8 Å². The molecule has 0 unspecified atom stereocenters. The Morgan fingerprint density at radius 3 is 2.62 bits per heavy atom. The van der Waals surface area contributed by atoms with Gasteiger partial charge >= 0.3 is 0 Å². The Labute approximate surface area is 121 Å². The van der Waals surface area contributed by atoms with Gasteiger partial charge in [-0.05, 0) is 30.7 Å². The van der Waals surface area contributed by atoms with Crippen LogP contribution < -0.4 is 10.5 Å². The Morgan fingerprint density at radius 2 is 2.00 bits per heavy atom. The van der Waals surface area contributed by atoms with Crippen LogP contribution in [0.25, 0.3) is 0 Å². The molecule has 4 N–H and O–H groups in total. The third-order valence-corrected chi connectivity index (χ3v) is 3.68. The number of aromatic hydroxyl groups is 1. The van der Waals surface area contributed by atoms with Gasteiger partial charge in [0, 0.05) is 11.9 Å². The fraction of sp³-hybridized carbons (Fsp3) is 0.0769. The van der Waals surface area contributed by atoms with Crippen LogP contribution in [0.15, 0.2) is 41.6 Å². The molecule has 2 rings (SSSR count). The summed E-state index contributed by atoms with van der Waals surface area (Å²) in [4.78, 5) is 15.6. The van der Waals surface area contributed by atoms with Gasteiger partial charge in [0.15, 0.2) is 0 Å². The standard InChI is InChI=1S/C13H13N3O4S/c1-8-2-3-11(21(14,19)20)5-12(8)16-13(18)9-4-10(17)7-15-6-9/h2-7,17H,1H3,(H,16,18)(H2,14,19,20). The third-order valence-electron chi connectivity index (χ3n) is 2.77. The van der Waals surface area contributed by atoms with Crippen molar-refractivity contribution in [3.05, 3.63) is 47.8 Å². The third kappa shape index (κ3) is 3.56. The number of aryl methyl sites for hydroxylation is 1. The SMILES string of the molecule is Cc1ccc(S(N)(=O)=O)cc1NC(=O)c1cncc(O)c1. The van der Waals surface area contributed by atoms with Crippen LogP contribution >= 0.6 is 0 Å². The lowest BCUT2D eigenvalue weighted by atomic mass is 10.2. The molecule has 0 bridgehead atoms. The van der Waals surface area contributed by atoms with Crippen molar-refractivity contribution in [3.63, 3.8) is 0 Å². The molecule has 0 spiro atoms. The van der Waals surface area contributed by atoms with Crippen LogP contribution in [0.2, 0.25) is 0 Å². The molecule has 2 aromatic rings. The lowest BCUT2D eigenvalue weighted by Gasteiger charge is -2.10. The zero-order valence-corrected chi connectivity index (χ0v) is 11.9. The van der Waals surface area contributed by atoms with Gasteiger partial charge < -0.3 is 10.4 Å². The van der Waals surface area contributed by atoms with E-state index in [9.17, 15) is 18.3 Å². The highest BCUT2D eigenvalue weighted by Crippen LogP contribution is 2.20. The van der Waals surface area contributed by atoms with Crippen molar-refractivity contribution < 1.29 is 18.3 Å². The number of aromatic nitrogens is 1. The Bertz CT molecular complexity index is 803. The Kier molecular flexibility index (Phi) is 3.92. The van der Waals surface area contributed by atoms with Crippen LogP contribution in [0.3, 0.4) is 0 Å². The number of anilines is 1. The van der Waals surface area contributed by atoms with Crippen LogP contribution in [-0.4, -0.2) is 24.4 Å². The van der Waals surface area contributed by atoms with E-state index < -0.39 is 15.9 Å². The molecule has 0 aliphatic rings. The van der Waals surface area contributed by atoms with Crippen LogP contribution in [0.4, 0.5) is 5.69 Å². The van der Waals surface area contributed by atoms with E-state index in [1.165, 1.54) is 36.7 Å². The van der Waals surface area contributed by atoms with Gasteiger partial charge in [-0.2, -0.15) is 0 Å². The van der Waals surface area contributed by atoms with E-state index in [-0.39, 0.29) is 16.2 Å². The number of carbonyl (C=O) groups is 1. The van der Waals surface area contributed by atoms with Gasteiger partial charge in [-0.3, -0.25) is 9.78 Å². The van der Waals surface area contributed by atoms with E-state index in [4.69, 9.17) is 5.14 Å². The minimum absolute atomic E-state index is 0.0996. The molecule has 0 saturated heterocycles. The summed E-state index contributed by atoms with van der Waals surface area (Å²) in [6, 6.07) is 5.42. The lowest BCUT2D eigenvalue weighted by Crippen LogP contribution is -2.15. The molecule has 110 valence electrons. The van der Waals surface area contributed by atoms with Crippen molar-refractivity contribution in [1.82, 2.24) is 4.98 Å². The monoisotopic (exact) mass is 307 g/mol. The molecule has 0 radical (unpaired) electrons. The molecule has 1 aromatic heterocycles. The number of rotatable bonds is 3. The van der Waals surface area contributed by atoms with Crippen LogP contribution in [-0.2, 0) is 10.0 Å². The number of pyridine rings is 1. The summed E-state index contributed by atoms with van der Waals surface area (Å²) >= 11 is 0. The molecule has 0 aliphatic heterocycles. The van der Waals surface area contributed by atoms with Crippen molar-refractivity contribution in [2.24, 2.45) is 5.14 Å². The number of primary sulfonamides is 1. The predicted octanol–water partition coefficient (Wildman–Crippen LogP) is 0.995. The van der Waals surface area contributed by atoms with Crippen molar-refractivity contribution >= 4 is 21.6 Å². The van der Waals surface area contributed by atoms with E-state index in [1.807, 2.05) is 0 Å². The zero-order valence-electron chi connectivity index (χ0n) is 11.1. The Balaban J connectivity index is 2.33. The summed E-state index contributed by atoms with van der Waals surface area (Å²) < 4.78 is 22.6. The highest BCUT2D eigenvalue weighted by Gasteiger charge is 2.13. The molecule has 8 heteroatoms. The number of nitrogens with two attached hydrogens (primary N) is 1. The Hall–Kier alpha value is -2.45. The van der Waals surface area contributed by atoms with E-state index in [1.54, 1.807) is 6.92 Å². The van der Waals surface area contributed by atoms with Crippen LogP contribution in [0.5, 0.6) is 5.75 Å². The molecule has 0 fully saturated rings. The number of sulfonamides is 1. The largest absolute Gasteiger partial charge is 0.506 e. The number of nitrogens with one attached hydrogen (secondary N) is 1. The molecular formula is C13H13N3O4S. The average molecular weight is 307 g/mol. The molecule has 21 heavy (non-hydrogen) atoms. The van der Waals surface area contributed by atoms with Crippen LogP contribution in [0.1, 0.15) is 15.9 Å². The van der Waals surface area contributed by atoms with E-state index in [2.05, 4.69) is 10.3 Å². The average Bonchev–Trinajstić information content (AvgIpc) is 2.40. The molecule has 0 aliphatic carbocycles. The summed E-state index contributed by atoms with van der Waals surface area (Å²) in [5.41, 5.74) is 1.13. The topological polar surface area (TPSA) is 122 Å². The van der Waals surface area contributed by atoms with Crippen molar-refractivity contribution in [2.75, 3.05) is 5.32 Å². The fourth-order valence-electron chi connectivity index (χ4n) is 1.66. The molecule has 0 atom stereocenters. The van der Waals surface area contributed by atoms with Gasteiger partial charge in [0.1, 0.15) is 5.75 Å². The maximum absolute atomic E-state index is 12.0. The molecule has 1 aromatic carbocycles. The van der Waals surface area contributed by atoms with Gasteiger partial charge in [0.05, 0.1) is 16.7 Å². The minimum atomic E-state index is -3.85. The van der Waals surface area contributed by atoms with Crippen molar-refractivity contribution in [1.29, 1.82) is 0 Å². The first-order valence-electron chi connectivity index (χ1n) is 5.86. The van der Waals surface area contributed by atoms with E-state index in [0.29, 0.717) is 11.3 Å². The first-order chi connectivity index (χ1) is 9.77. The summed E-state index contributed by atoms with van der Waals surface area (Å²) in [5, 5.41) is 16.9. The van der Waals surface area contributed by atoms with Gasteiger partial charge in [-0.15, -0.1) is 0 Å². The van der Waals surface area contributed by atoms with E-state index in [0.717, 1.165) is 0 Å². The molecule has 1 heterocycles. The molecule has 1 amide bonds. The number of hydrogen-bond acceptors (Lipinski definition) is 5. The first kappa shape index (κ1) is 14.9. The summed E-state index contributed by atoms with van der Waals surface area (Å²) in [7, 11) is -3.85. The molecule has 7 nitrogen and oxygen atoms in total. The van der Waals surface area contributed by atoms with Crippen molar-refractivity contribution in [3.8, 4) is 5.75 Å². The maximum atomic E-state index is 12.0. The number of nitrogens with zero attached hydrogens (tertiary/aromatic N) is 1. The molecule has 0 saturated carbocycles. The number of carbonyl (C=O) groups excluding carboxylic acids is 1. The van der Waals surface area contributed by atoms with Gasteiger partial charge in [0.2, 0.25) is 10.0 Å². The normalized spacial score (nSPS) is 11.1. The number of hydrogen-bond donors (Lipinski definition) is 3. The van der Waals surface area contributed by atoms with E-state index >= 15 is 0 Å². The lowest BCUT2D eigenvalue weighted by molar-refractivity contribution is 0.102. The minimum Gasteiger partial charge on any atom is -0.506 e. The quantitative estimate of drug-likeness (QED) is 0.780. The van der Waals surface area contributed by atoms with Gasteiger partial charge in [-0.1, -0.05) is 6.07 Å². The summed E-state index contributed by atoms with van der Waals surface area (Å²) in [5.74, 6) is -0.661. The Morgan fingerprint density at radius 1 is 1.29 bits per heavy atom. The molecular weight excluding hydrogens is 294 g/mol. The first-order valence-corrected chi connectivity index (χ1v) is 7.41.